The molecular formula is C16H17FN2OS. The third-order valence-electron chi connectivity index (χ3n) is 3.87. The summed E-state index contributed by atoms with van der Waals surface area (Å²) in [6, 6.07) is 4.64. The number of carbonyl (C=O) groups is 1. The van der Waals surface area contributed by atoms with Crippen LogP contribution >= 0.6 is 11.3 Å². The third-order valence-corrected chi connectivity index (χ3v) is 4.91. The van der Waals surface area contributed by atoms with Gasteiger partial charge in [0.15, 0.2) is 4.80 Å². The first-order valence-corrected chi connectivity index (χ1v) is 7.99. The molecule has 0 radical (unpaired) electrons. The highest BCUT2D eigenvalue weighted by Crippen LogP contribution is 2.26. The van der Waals surface area contributed by atoms with Crippen molar-refractivity contribution in [1.82, 2.24) is 4.57 Å². The average molecular weight is 304 g/mol. The molecule has 0 unspecified atom stereocenters. The first kappa shape index (κ1) is 14.2. The lowest BCUT2D eigenvalue weighted by Crippen LogP contribution is -2.19. The molecule has 0 N–H and O–H groups in total. The summed E-state index contributed by atoms with van der Waals surface area (Å²) in [4.78, 5) is 17.2. The fourth-order valence-corrected chi connectivity index (χ4v) is 3.87. The van der Waals surface area contributed by atoms with Gasteiger partial charge < -0.3 is 4.57 Å². The second-order valence-corrected chi connectivity index (χ2v) is 6.34. The van der Waals surface area contributed by atoms with Crippen LogP contribution in [0.4, 0.5) is 4.39 Å². The number of carbonyl (C=O) groups excluding carboxylic acids is 1. The summed E-state index contributed by atoms with van der Waals surface area (Å²) < 4.78 is 16.1. The standard InChI is InChI=1S/C16H17FN2OS/c1-2-9-19-13-8-7-12(17)10-14(13)21-16(19)18-15(20)11-5-3-4-6-11/h2,7-8,10-11H,1,3-6,9H2. The highest BCUT2D eigenvalue weighted by Gasteiger charge is 2.22. The summed E-state index contributed by atoms with van der Waals surface area (Å²) in [5.41, 5.74) is 0.888. The van der Waals surface area contributed by atoms with Crippen LogP contribution in [-0.2, 0) is 11.3 Å². The van der Waals surface area contributed by atoms with Gasteiger partial charge in [-0.15, -0.1) is 6.58 Å². The van der Waals surface area contributed by atoms with Crippen LogP contribution in [0.15, 0.2) is 35.8 Å². The summed E-state index contributed by atoms with van der Waals surface area (Å²) >= 11 is 1.35. The second-order valence-electron chi connectivity index (χ2n) is 5.33. The Hall–Kier alpha value is -1.75. The lowest BCUT2D eigenvalue weighted by molar-refractivity contribution is -0.121. The van der Waals surface area contributed by atoms with Crippen LogP contribution in [0.25, 0.3) is 10.2 Å². The molecule has 0 spiro atoms. The molecule has 1 aromatic carbocycles. The second kappa shape index (κ2) is 5.93. The van der Waals surface area contributed by atoms with E-state index in [2.05, 4.69) is 11.6 Å². The zero-order valence-corrected chi connectivity index (χ0v) is 12.5. The predicted molar refractivity (Wildman–Crippen MR) is 82.5 cm³/mol. The van der Waals surface area contributed by atoms with E-state index in [1.165, 1.54) is 23.5 Å². The van der Waals surface area contributed by atoms with Crippen LogP contribution in [0.3, 0.4) is 0 Å². The number of benzene rings is 1. The normalized spacial score (nSPS) is 16.7. The van der Waals surface area contributed by atoms with Gasteiger partial charge in [0.05, 0.1) is 10.2 Å². The minimum atomic E-state index is -0.275. The van der Waals surface area contributed by atoms with Crippen LogP contribution in [0, 0.1) is 11.7 Å². The van der Waals surface area contributed by atoms with Crippen molar-refractivity contribution in [3.05, 3.63) is 41.5 Å². The highest BCUT2D eigenvalue weighted by molar-refractivity contribution is 7.16. The number of hydrogen-bond acceptors (Lipinski definition) is 2. The van der Waals surface area contributed by atoms with Gasteiger partial charge in [0.2, 0.25) is 0 Å². The number of rotatable bonds is 3. The molecule has 0 saturated heterocycles. The van der Waals surface area contributed by atoms with Crippen molar-refractivity contribution in [2.75, 3.05) is 0 Å². The molecule has 0 atom stereocenters. The topological polar surface area (TPSA) is 34.4 Å². The summed E-state index contributed by atoms with van der Waals surface area (Å²) in [5, 5.41) is 0. The number of amides is 1. The molecular weight excluding hydrogens is 287 g/mol. The number of hydrogen-bond donors (Lipinski definition) is 0. The number of fused-ring (bicyclic) bond motifs is 1. The van der Waals surface area contributed by atoms with Gasteiger partial charge in [-0.05, 0) is 31.0 Å². The van der Waals surface area contributed by atoms with Gasteiger partial charge in [-0.3, -0.25) is 4.79 Å². The maximum absolute atomic E-state index is 13.4. The molecule has 1 aromatic heterocycles. The van der Waals surface area contributed by atoms with E-state index in [1.807, 2.05) is 4.57 Å². The van der Waals surface area contributed by atoms with Crippen LogP contribution in [-0.4, -0.2) is 10.5 Å². The molecule has 5 heteroatoms. The van der Waals surface area contributed by atoms with E-state index in [4.69, 9.17) is 0 Å². The van der Waals surface area contributed by atoms with Crippen LogP contribution in [0.5, 0.6) is 0 Å². The quantitative estimate of drug-likeness (QED) is 0.797. The Morgan fingerprint density at radius 2 is 2.24 bits per heavy atom. The number of halogens is 1. The van der Waals surface area contributed by atoms with Crippen LogP contribution < -0.4 is 4.80 Å². The predicted octanol–water partition coefficient (Wildman–Crippen LogP) is 3.65. The number of aromatic nitrogens is 1. The first-order valence-electron chi connectivity index (χ1n) is 7.17. The Labute approximate surface area is 126 Å². The van der Waals surface area contributed by atoms with E-state index in [0.717, 1.165) is 35.9 Å². The van der Waals surface area contributed by atoms with Crippen molar-refractivity contribution >= 4 is 27.5 Å². The highest BCUT2D eigenvalue weighted by atomic mass is 32.1. The number of thiazole rings is 1. The maximum Gasteiger partial charge on any atom is 0.251 e. The van der Waals surface area contributed by atoms with Gasteiger partial charge in [0.1, 0.15) is 5.82 Å². The SMILES string of the molecule is C=CCn1c(=NC(=O)C2CCCC2)sc2cc(F)ccc21. The maximum atomic E-state index is 13.4. The van der Waals surface area contributed by atoms with Crippen LogP contribution in [0.2, 0.25) is 0 Å². The van der Waals surface area contributed by atoms with Gasteiger partial charge in [0.25, 0.3) is 5.91 Å². The van der Waals surface area contributed by atoms with Crippen molar-refractivity contribution in [3.8, 4) is 0 Å². The molecule has 3 nitrogen and oxygen atoms in total. The molecule has 3 rings (SSSR count). The molecule has 1 fully saturated rings. The van der Waals surface area contributed by atoms with Crippen molar-refractivity contribution in [3.63, 3.8) is 0 Å². The zero-order valence-electron chi connectivity index (χ0n) is 11.7. The van der Waals surface area contributed by atoms with Gasteiger partial charge in [-0.25, -0.2) is 4.39 Å². The minimum Gasteiger partial charge on any atom is -0.313 e. The van der Waals surface area contributed by atoms with Crippen molar-refractivity contribution < 1.29 is 9.18 Å². The summed E-state index contributed by atoms with van der Waals surface area (Å²) in [5.74, 6) is -0.260. The van der Waals surface area contributed by atoms with Crippen LogP contribution in [0.1, 0.15) is 25.7 Å². The summed E-state index contributed by atoms with van der Waals surface area (Å²) in [7, 11) is 0. The van der Waals surface area contributed by atoms with Gasteiger partial charge in [-0.1, -0.05) is 30.3 Å². The van der Waals surface area contributed by atoms with Gasteiger partial charge >= 0.3 is 0 Å². The molecule has 2 aromatic rings. The molecule has 110 valence electrons. The smallest absolute Gasteiger partial charge is 0.251 e. The first-order chi connectivity index (χ1) is 10.2. The zero-order chi connectivity index (χ0) is 14.8. The lowest BCUT2D eigenvalue weighted by atomic mass is 10.1. The molecule has 0 bridgehead atoms. The Balaban J connectivity index is 2.09. The largest absolute Gasteiger partial charge is 0.313 e. The number of nitrogens with zero attached hydrogens (tertiary/aromatic N) is 2. The Morgan fingerprint density at radius 3 is 2.95 bits per heavy atom. The summed E-state index contributed by atoms with van der Waals surface area (Å²) in [6.45, 7) is 4.30. The van der Waals surface area contributed by atoms with Crippen molar-refractivity contribution in [2.24, 2.45) is 10.9 Å². The average Bonchev–Trinajstić information content (AvgIpc) is 3.08. The lowest BCUT2D eigenvalue weighted by Gasteiger charge is -2.03. The Kier molecular flexibility index (Phi) is 4.01. The number of allylic oxidation sites excluding steroid dienone is 1. The van der Waals surface area contributed by atoms with Crippen molar-refractivity contribution in [1.29, 1.82) is 0 Å². The molecule has 1 saturated carbocycles. The van der Waals surface area contributed by atoms with Crippen molar-refractivity contribution in [2.45, 2.75) is 32.2 Å². The molecule has 1 aliphatic carbocycles. The molecule has 1 aliphatic rings. The molecule has 1 amide bonds. The van der Waals surface area contributed by atoms with E-state index in [-0.39, 0.29) is 17.6 Å². The van der Waals surface area contributed by atoms with Gasteiger partial charge in [-0.2, -0.15) is 4.99 Å². The van der Waals surface area contributed by atoms with Gasteiger partial charge in [0, 0.05) is 12.5 Å². The fraction of sp³-hybridized carbons (Fsp3) is 0.375. The monoisotopic (exact) mass is 304 g/mol. The fourth-order valence-electron chi connectivity index (χ4n) is 2.80. The van der Waals surface area contributed by atoms with E-state index in [1.54, 1.807) is 12.1 Å². The van der Waals surface area contributed by atoms with E-state index in [9.17, 15) is 9.18 Å². The van der Waals surface area contributed by atoms with E-state index >= 15 is 0 Å². The third kappa shape index (κ3) is 2.83. The van der Waals surface area contributed by atoms with E-state index in [0.29, 0.717) is 11.3 Å². The molecule has 0 aliphatic heterocycles. The Morgan fingerprint density at radius 1 is 1.48 bits per heavy atom. The molecule has 1 heterocycles. The minimum absolute atomic E-state index is 0.0441. The van der Waals surface area contributed by atoms with E-state index < -0.39 is 0 Å². The summed E-state index contributed by atoms with van der Waals surface area (Å²) in [6.07, 6.45) is 5.84. The Bertz CT molecular complexity index is 753. The molecule has 21 heavy (non-hydrogen) atoms.